The second-order valence-corrected chi connectivity index (χ2v) is 7.60. The number of hydrogen-bond donors (Lipinski definition) is 3. The van der Waals surface area contributed by atoms with Crippen LogP contribution in [0.5, 0.6) is 0 Å². The Hall–Kier alpha value is -2.48. The van der Waals surface area contributed by atoms with Gasteiger partial charge in [-0.15, -0.1) is 0 Å². The van der Waals surface area contributed by atoms with E-state index in [1.54, 1.807) is 12.1 Å². The second-order valence-electron chi connectivity index (χ2n) is 6.69. The number of nitrogens with two attached hydrogens (primary N) is 1. The molecule has 0 aliphatic rings. The van der Waals surface area contributed by atoms with Crippen LogP contribution in [-0.2, 0) is 17.9 Å². The smallest absolute Gasteiger partial charge is 0.275 e. The molecule has 0 fully saturated rings. The van der Waals surface area contributed by atoms with Crippen molar-refractivity contribution in [3.8, 4) is 0 Å². The zero-order valence-electron chi connectivity index (χ0n) is 16.7. The van der Waals surface area contributed by atoms with Gasteiger partial charge in [0.2, 0.25) is 5.91 Å². The third kappa shape index (κ3) is 6.30. The second kappa shape index (κ2) is 10.8. The summed E-state index contributed by atoms with van der Waals surface area (Å²) in [4.78, 5) is 29.2. The van der Waals surface area contributed by atoms with Crippen molar-refractivity contribution < 1.29 is 4.79 Å². The minimum absolute atomic E-state index is 0.0257. The average molecular weight is 404 g/mol. The molecule has 0 aromatic carbocycles. The number of nitrogen functional groups attached to an aromatic ring is 1. The van der Waals surface area contributed by atoms with Crippen LogP contribution in [0.25, 0.3) is 0 Å². The molecule has 7 nitrogen and oxygen atoms in total. The molecular formula is C20H29N5O2S. The van der Waals surface area contributed by atoms with E-state index in [0.29, 0.717) is 18.1 Å². The molecule has 2 rings (SSSR count). The molecule has 0 saturated carbocycles. The number of nitrogens with one attached hydrogen (secondary N) is 2. The predicted molar refractivity (Wildman–Crippen MR) is 116 cm³/mol. The quantitative estimate of drug-likeness (QED) is 0.416. The highest BCUT2D eigenvalue weighted by atomic mass is 32.2. The number of carbonyl (C=O) groups excluding carboxylic acids is 1. The SMILES string of the molecule is CCCCCSNc1ccc(C)n(CC(=O)NCc2ccc(N)nc2C)c1=O. The van der Waals surface area contributed by atoms with Gasteiger partial charge in [-0.25, -0.2) is 4.98 Å². The van der Waals surface area contributed by atoms with Crippen LogP contribution in [0, 0.1) is 13.8 Å². The highest BCUT2D eigenvalue weighted by Crippen LogP contribution is 2.12. The van der Waals surface area contributed by atoms with Crippen molar-refractivity contribution >= 4 is 29.4 Å². The molecule has 0 aliphatic heterocycles. The van der Waals surface area contributed by atoms with Crippen molar-refractivity contribution in [3.63, 3.8) is 0 Å². The van der Waals surface area contributed by atoms with Gasteiger partial charge in [0, 0.05) is 23.7 Å². The summed E-state index contributed by atoms with van der Waals surface area (Å²) >= 11 is 1.52. The number of rotatable bonds is 10. The van der Waals surface area contributed by atoms with Crippen molar-refractivity contribution in [3.05, 3.63) is 51.6 Å². The van der Waals surface area contributed by atoms with Crippen LogP contribution in [0.2, 0.25) is 0 Å². The van der Waals surface area contributed by atoms with Gasteiger partial charge in [0.15, 0.2) is 0 Å². The standard InChI is InChI=1S/C20H29N5O2S/c1-4-5-6-11-28-24-17-9-7-14(2)25(20(17)27)13-19(26)22-12-16-8-10-18(21)23-15(16)3/h7-10,24H,4-6,11-13H2,1-3H3,(H2,21,23)(H,22,26). The Balaban J connectivity index is 1.97. The Labute approximate surface area is 170 Å². The van der Waals surface area contributed by atoms with Gasteiger partial charge >= 0.3 is 0 Å². The summed E-state index contributed by atoms with van der Waals surface area (Å²) in [5, 5.41) is 2.84. The number of hydrogen-bond acceptors (Lipinski definition) is 6. The molecular weight excluding hydrogens is 374 g/mol. The van der Waals surface area contributed by atoms with Gasteiger partial charge in [-0.3, -0.25) is 9.59 Å². The molecule has 0 radical (unpaired) electrons. The average Bonchev–Trinajstić information content (AvgIpc) is 2.66. The first kappa shape index (κ1) is 21.8. The maximum atomic E-state index is 12.7. The summed E-state index contributed by atoms with van der Waals surface area (Å²) in [7, 11) is 0. The summed E-state index contributed by atoms with van der Waals surface area (Å²) in [6.45, 7) is 6.15. The van der Waals surface area contributed by atoms with E-state index in [9.17, 15) is 9.59 Å². The van der Waals surface area contributed by atoms with Gasteiger partial charge in [-0.05, 0) is 44.0 Å². The van der Waals surface area contributed by atoms with E-state index in [1.807, 2.05) is 26.0 Å². The van der Waals surface area contributed by atoms with E-state index in [1.165, 1.54) is 29.4 Å². The molecule has 0 bridgehead atoms. The van der Waals surface area contributed by atoms with Gasteiger partial charge in [0.1, 0.15) is 18.1 Å². The van der Waals surface area contributed by atoms with E-state index < -0.39 is 0 Å². The first-order valence-electron chi connectivity index (χ1n) is 9.49. The molecule has 8 heteroatoms. The maximum absolute atomic E-state index is 12.7. The number of carbonyl (C=O) groups is 1. The van der Waals surface area contributed by atoms with Crippen LogP contribution in [0.1, 0.15) is 43.1 Å². The molecule has 0 saturated heterocycles. The largest absolute Gasteiger partial charge is 0.384 e. The van der Waals surface area contributed by atoms with Crippen LogP contribution < -0.4 is 21.3 Å². The first-order chi connectivity index (χ1) is 13.4. The number of nitrogens with zero attached hydrogens (tertiary/aromatic N) is 2. The highest BCUT2D eigenvalue weighted by Gasteiger charge is 2.11. The van der Waals surface area contributed by atoms with Crippen LogP contribution in [0.3, 0.4) is 0 Å². The number of unbranched alkanes of at least 4 members (excludes halogenated alkanes) is 2. The molecule has 2 aromatic heterocycles. The van der Waals surface area contributed by atoms with Crippen LogP contribution >= 0.6 is 11.9 Å². The lowest BCUT2D eigenvalue weighted by molar-refractivity contribution is -0.121. The zero-order valence-corrected chi connectivity index (χ0v) is 17.6. The Morgan fingerprint density at radius 3 is 2.71 bits per heavy atom. The lowest BCUT2D eigenvalue weighted by Gasteiger charge is -2.13. The molecule has 0 spiro atoms. The monoisotopic (exact) mass is 403 g/mol. The van der Waals surface area contributed by atoms with Crippen LogP contribution in [0.4, 0.5) is 11.5 Å². The topological polar surface area (TPSA) is 102 Å². The summed E-state index contributed by atoms with van der Waals surface area (Å²) in [6.07, 6.45) is 3.45. The first-order valence-corrected chi connectivity index (χ1v) is 10.5. The van der Waals surface area contributed by atoms with E-state index >= 15 is 0 Å². The molecule has 0 atom stereocenters. The molecule has 1 amide bonds. The highest BCUT2D eigenvalue weighted by molar-refractivity contribution is 8.00. The number of amides is 1. The van der Waals surface area contributed by atoms with Gasteiger partial charge in [0.25, 0.3) is 5.56 Å². The molecule has 0 aliphatic carbocycles. The minimum Gasteiger partial charge on any atom is -0.384 e. The summed E-state index contributed by atoms with van der Waals surface area (Å²) in [5.41, 5.74) is 8.37. The Kier molecular flexibility index (Phi) is 8.38. The molecule has 152 valence electrons. The zero-order chi connectivity index (χ0) is 20.5. The van der Waals surface area contributed by atoms with Crippen molar-refractivity contribution in [2.45, 2.75) is 53.1 Å². The Morgan fingerprint density at radius 2 is 2.00 bits per heavy atom. The van der Waals surface area contributed by atoms with Gasteiger partial charge < -0.3 is 20.3 Å². The van der Waals surface area contributed by atoms with E-state index in [4.69, 9.17) is 5.73 Å². The molecule has 4 N–H and O–H groups in total. The van der Waals surface area contributed by atoms with E-state index in [-0.39, 0.29) is 18.0 Å². The van der Waals surface area contributed by atoms with Gasteiger partial charge in [0.05, 0.1) is 0 Å². The number of aryl methyl sites for hydroxylation is 2. The van der Waals surface area contributed by atoms with Crippen molar-refractivity contribution in [2.75, 3.05) is 16.2 Å². The molecule has 28 heavy (non-hydrogen) atoms. The van der Waals surface area contributed by atoms with Gasteiger partial charge in [-0.1, -0.05) is 37.8 Å². The predicted octanol–water partition coefficient (Wildman–Crippen LogP) is 3.01. The molecule has 0 unspecified atom stereocenters. The van der Waals surface area contributed by atoms with E-state index in [2.05, 4.69) is 21.9 Å². The number of aromatic nitrogens is 2. The lowest BCUT2D eigenvalue weighted by Crippen LogP contribution is -2.33. The summed E-state index contributed by atoms with van der Waals surface area (Å²) in [5.74, 6) is 1.16. The van der Waals surface area contributed by atoms with Crippen molar-refractivity contribution in [1.82, 2.24) is 14.9 Å². The summed E-state index contributed by atoms with van der Waals surface area (Å²) in [6, 6.07) is 7.16. The van der Waals surface area contributed by atoms with Gasteiger partial charge in [-0.2, -0.15) is 0 Å². The van der Waals surface area contributed by atoms with Crippen LogP contribution in [0.15, 0.2) is 29.1 Å². The number of pyridine rings is 2. The maximum Gasteiger partial charge on any atom is 0.275 e. The fraction of sp³-hybridized carbons (Fsp3) is 0.450. The Morgan fingerprint density at radius 1 is 1.21 bits per heavy atom. The van der Waals surface area contributed by atoms with Crippen LogP contribution in [-0.4, -0.2) is 21.2 Å². The van der Waals surface area contributed by atoms with Crippen molar-refractivity contribution in [1.29, 1.82) is 0 Å². The normalized spacial score (nSPS) is 10.7. The van der Waals surface area contributed by atoms with E-state index in [0.717, 1.165) is 29.1 Å². The summed E-state index contributed by atoms with van der Waals surface area (Å²) < 4.78 is 4.60. The lowest BCUT2D eigenvalue weighted by atomic mass is 10.2. The molecule has 2 aromatic rings. The fourth-order valence-corrected chi connectivity index (χ4v) is 3.45. The number of anilines is 2. The third-order valence-electron chi connectivity index (χ3n) is 4.42. The molecule has 2 heterocycles. The fourth-order valence-electron chi connectivity index (χ4n) is 2.69. The Bertz CT molecular complexity index is 866. The third-order valence-corrected chi connectivity index (χ3v) is 5.28. The minimum atomic E-state index is -0.228. The van der Waals surface area contributed by atoms with Crippen molar-refractivity contribution in [2.24, 2.45) is 0 Å².